The minimum absolute atomic E-state index is 0.0956. The highest BCUT2D eigenvalue weighted by Crippen LogP contribution is 1.99. The Morgan fingerprint density at radius 1 is 1.20 bits per heavy atom. The van der Waals surface area contributed by atoms with Crippen molar-refractivity contribution in [3.8, 4) is 0 Å². The highest BCUT2D eigenvalue weighted by atomic mass is 16.2. The molecule has 5 heteroatoms. The third-order valence-corrected chi connectivity index (χ3v) is 2.23. The van der Waals surface area contributed by atoms with Gasteiger partial charge in [-0.2, -0.15) is 0 Å². The van der Waals surface area contributed by atoms with E-state index in [1.165, 1.54) is 0 Å². The molecule has 1 rings (SSSR count). The van der Waals surface area contributed by atoms with E-state index in [2.05, 4.69) is 5.32 Å². The number of carbonyl (C=O) groups excluding carboxylic acids is 2. The molecule has 84 valence electrons. The summed E-state index contributed by atoms with van der Waals surface area (Å²) in [7, 11) is 0. The van der Waals surface area contributed by atoms with E-state index in [1.807, 2.05) is 13.8 Å². The summed E-state index contributed by atoms with van der Waals surface area (Å²) in [5.74, 6) is 0. The molecule has 0 bridgehead atoms. The maximum atomic E-state index is 11.6. The maximum absolute atomic E-state index is 11.6. The molecule has 3 amide bonds. The molecule has 0 radical (unpaired) electrons. The number of carbonyl (C=O) groups is 2. The molecule has 0 atom stereocenters. The van der Waals surface area contributed by atoms with E-state index in [1.54, 1.807) is 16.0 Å². The van der Waals surface area contributed by atoms with Crippen LogP contribution in [0.15, 0.2) is 11.8 Å². The Balaban J connectivity index is 2.36. The van der Waals surface area contributed by atoms with Crippen LogP contribution in [0, 0.1) is 0 Å². The van der Waals surface area contributed by atoms with Crippen LogP contribution in [0.2, 0.25) is 0 Å². The first kappa shape index (κ1) is 11.6. The van der Waals surface area contributed by atoms with Crippen LogP contribution in [0.5, 0.6) is 0 Å². The van der Waals surface area contributed by atoms with Crippen LogP contribution in [0.1, 0.15) is 13.8 Å². The Bertz CT molecular complexity index is 264. The molecule has 15 heavy (non-hydrogen) atoms. The number of rotatable bonds is 2. The van der Waals surface area contributed by atoms with Crippen LogP contribution in [0.3, 0.4) is 0 Å². The zero-order valence-corrected chi connectivity index (χ0v) is 9.19. The highest BCUT2D eigenvalue weighted by Gasteiger charge is 2.18. The number of amides is 3. The molecular formula is C10H17N3O2. The lowest BCUT2D eigenvalue weighted by atomic mass is 10.3. The summed E-state index contributed by atoms with van der Waals surface area (Å²) in [6.07, 6.45) is 2.51. The molecule has 1 saturated heterocycles. The van der Waals surface area contributed by atoms with Crippen molar-refractivity contribution in [3.63, 3.8) is 0 Å². The van der Waals surface area contributed by atoms with Crippen LogP contribution in [-0.4, -0.2) is 48.4 Å². The molecule has 0 aliphatic carbocycles. The van der Waals surface area contributed by atoms with Crippen molar-refractivity contribution < 1.29 is 9.59 Å². The van der Waals surface area contributed by atoms with Crippen molar-refractivity contribution in [2.45, 2.75) is 13.8 Å². The first-order valence-corrected chi connectivity index (χ1v) is 5.01. The topological polar surface area (TPSA) is 52.7 Å². The molecule has 1 heterocycles. The smallest absolute Gasteiger partial charge is 0.321 e. The summed E-state index contributed by atoms with van der Waals surface area (Å²) in [6, 6.07) is -0.0956. The largest absolute Gasteiger partial charge is 0.342 e. The predicted molar refractivity (Wildman–Crippen MR) is 57.2 cm³/mol. The van der Waals surface area contributed by atoms with Crippen molar-refractivity contribution in [2.75, 3.05) is 26.2 Å². The van der Waals surface area contributed by atoms with Crippen molar-refractivity contribution in [1.82, 2.24) is 15.1 Å². The van der Waals surface area contributed by atoms with E-state index < -0.39 is 0 Å². The molecule has 5 nitrogen and oxygen atoms in total. The van der Waals surface area contributed by atoms with Gasteiger partial charge in [0.05, 0.1) is 0 Å². The first-order chi connectivity index (χ1) is 7.13. The second-order valence-corrected chi connectivity index (χ2v) is 3.80. The zero-order valence-electron chi connectivity index (χ0n) is 9.19. The second-order valence-electron chi connectivity index (χ2n) is 3.80. The molecule has 1 N–H and O–H groups in total. The third kappa shape index (κ3) is 3.61. The number of nitrogens with one attached hydrogen (secondary N) is 1. The Labute approximate surface area is 89.7 Å². The quantitative estimate of drug-likeness (QED) is 0.672. The molecule has 0 saturated carbocycles. The van der Waals surface area contributed by atoms with Gasteiger partial charge in [0, 0.05) is 32.4 Å². The van der Waals surface area contributed by atoms with Crippen molar-refractivity contribution in [1.29, 1.82) is 0 Å². The van der Waals surface area contributed by atoms with Crippen LogP contribution in [0.25, 0.3) is 0 Å². The average Bonchev–Trinajstić information content (AvgIpc) is 2.26. The Kier molecular flexibility index (Phi) is 4.15. The van der Waals surface area contributed by atoms with E-state index in [9.17, 15) is 9.59 Å². The molecule has 0 spiro atoms. The van der Waals surface area contributed by atoms with Gasteiger partial charge in [0.2, 0.25) is 6.41 Å². The Morgan fingerprint density at radius 2 is 1.80 bits per heavy atom. The van der Waals surface area contributed by atoms with Gasteiger partial charge in [0.25, 0.3) is 0 Å². The number of hydrogen-bond donors (Lipinski definition) is 1. The van der Waals surface area contributed by atoms with Crippen molar-refractivity contribution in [3.05, 3.63) is 11.8 Å². The second kappa shape index (κ2) is 5.38. The van der Waals surface area contributed by atoms with Crippen LogP contribution >= 0.6 is 0 Å². The summed E-state index contributed by atoms with van der Waals surface area (Å²) in [6.45, 7) is 6.27. The van der Waals surface area contributed by atoms with Gasteiger partial charge in [0.1, 0.15) is 0 Å². The van der Waals surface area contributed by atoms with Crippen LogP contribution < -0.4 is 5.32 Å². The Morgan fingerprint density at radius 3 is 2.27 bits per heavy atom. The number of urea groups is 1. The highest BCUT2D eigenvalue weighted by molar-refractivity contribution is 5.75. The molecule has 0 unspecified atom stereocenters. The fourth-order valence-electron chi connectivity index (χ4n) is 1.33. The lowest BCUT2D eigenvalue weighted by Crippen LogP contribution is -2.50. The number of piperazine rings is 1. The monoisotopic (exact) mass is 211 g/mol. The van der Waals surface area contributed by atoms with Gasteiger partial charge < -0.3 is 15.1 Å². The van der Waals surface area contributed by atoms with E-state index >= 15 is 0 Å². The van der Waals surface area contributed by atoms with Gasteiger partial charge in [-0.05, 0) is 13.8 Å². The molecule has 0 aromatic heterocycles. The van der Waals surface area contributed by atoms with Gasteiger partial charge in [-0.15, -0.1) is 0 Å². The summed E-state index contributed by atoms with van der Waals surface area (Å²) in [4.78, 5) is 25.4. The van der Waals surface area contributed by atoms with Crippen LogP contribution in [-0.2, 0) is 4.79 Å². The lowest BCUT2D eigenvalue weighted by Gasteiger charge is -2.32. The Hall–Kier alpha value is -1.52. The molecule has 1 aliphatic heterocycles. The normalized spacial score (nSPS) is 15.9. The van der Waals surface area contributed by atoms with E-state index in [0.29, 0.717) is 26.2 Å². The van der Waals surface area contributed by atoms with Gasteiger partial charge in [-0.3, -0.25) is 4.79 Å². The fraction of sp³-hybridized carbons (Fsp3) is 0.600. The SMILES string of the molecule is CC(C)=CNC(=O)N1CCN(C=O)CC1. The van der Waals surface area contributed by atoms with E-state index in [0.717, 1.165) is 12.0 Å². The number of nitrogens with zero attached hydrogens (tertiary/aromatic N) is 2. The maximum Gasteiger partial charge on any atom is 0.321 e. The van der Waals surface area contributed by atoms with Gasteiger partial charge in [-0.1, -0.05) is 5.57 Å². The lowest BCUT2D eigenvalue weighted by molar-refractivity contribution is -0.119. The average molecular weight is 211 g/mol. The number of hydrogen-bond acceptors (Lipinski definition) is 2. The van der Waals surface area contributed by atoms with Gasteiger partial charge in [-0.25, -0.2) is 4.79 Å². The van der Waals surface area contributed by atoms with Gasteiger partial charge in [0.15, 0.2) is 0 Å². The van der Waals surface area contributed by atoms with Crippen LogP contribution in [0.4, 0.5) is 4.79 Å². The zero-order chi connectivity index (χ0) is 11.3. The van der Waals surface area contributed by atoms with Crippen molar-refractivity contribution >= 4 is 12.4 Å². The standard InChI is InChI=1S/C10H17N3O2/c1-9(2)7-11-10(15)13-5-3-12(8-14)4-6-13/h7-8H,3-6H2,1-2H3,(H,11,15). The molecule has 0 aromatic rings. The molecule has 1 aliphatic rings. The van der Waals surface area contributed by atoms with E-state index in [-0.39, 0.29) is 6.03 Å². The third-order valence-electron chi connectivity index (χ3n) is 2.23. The predicted octanol–water partition coefficient (Wildman–Crippen LogP) is 0.394. The molecular weight excluding hydrogens is 194 g/mol. The van der Waals surface area contributed by atoms with Gasteiger partial charge >= 0.3 is 6.03 Å². The minimum Gasteiger partial charge on any atom is -0.342 e. The summed E-state index contributed by atoms with van der Waals surface area (Å²) < 4.78 is 0. The first-order valence-electron chi connectivity index (χ1n) is 5.01. The minimum atomic E-state index is -0.0956. The summed E-state index contributed by atoms with van der Waals surface area (Å²) in [5, 5.41) is 2.70. The summed E-state index contributed by atoms with van der Waals surface area (Å²) in [5.41, 5.74) is 1.05. The summed E-state index contributed by atoms with van der Waals surface area (Å²) >= 11 is 0. The van der Waals surface area contributed by atoms with E-state index in [4.69, 9.17) is 0 Å². The van der Waals surface area contributed by atoms with Crippen molar-refractivity contribution in [2.24, 2.45) is 0 Å². The fourth-order valence-corrected chi connectivity index (χ4v) is 1.33. The molecule has 0 aromatic carbocycles. The number of allylic oxidation sites excluding steroid dienone is 1. The molecule has 1 fully saturated rings.